The van der Waals surface area contributed by atoms with Crippen LogP contribution in [0.25, 0.3) is 0 Å². The Labute approximate surface area is 186 Å². The average Bonchev–Trinajstić information content (AvgIpc) is 3.45. The number of benzene rings is 1. The van der Waals surface area contributed by atoms with Crippen molar-refractivity contribution in [2.75, 3.05) is 23.3 Å². The predicted molar refractivity (Wildman–Crippen MR) is 117 cm³/mol. The van der Waals surface area contributed by atoms with Crippen LogP contribution in [-0.2, 0) is 5.75 Å². The van der Waals surface area contributed by atoms with Crippen LogP contribution in [-0.4, -0.2) is 39.2 Å². The molecular weight excluding hydrogens is 442 g/mol. The van der Waals surface area contributed by atoms with Crippen LogP contribution in [0.1, 0.15) is 34.5 Å². The number of nitrogens with zero attached hydrogens (tertiary/aromatic N) is 6. The highest BCUT2D eigenvalue weighted by Gasteiger charge is 2.20. The summed E-state index contributed by atoms with van der Waals surface area (Å²) in [4.78, 5) is 23.3. The summed E-state index contributed by atoms with van der Waals surface area (Å²) >= 11 is 8.93. The van der Waals surface area contributed by atoms with Gasteiger partial charge in [-0.15, -0.1) is 10.2 Å². The molecule has 0 unspecified atom stereocenters. The van der Waals surface area contributed by atoms with Crippen molar-refractivity contribution in [1.82, 2.24) is 20.2 Å². The molecule has 3 aromatic rings. The maximum atomic E-state index is 12.7. The summed E-state index contributed by atoms with van der Waals surface area (Å²) in [7, 11) is 0. The zero-order valence-corrected chi connectivity index (χ0v) is 18.1. The molecule has 1 amide bonds. The normalized spacial score (nSPS) is 13.3. The van der Waals surface area contributed by atoms with Gasteiger partial charge in [-0.05, 0) is 30.5 Å². The van der Waals surface area contributed by atoms with Crippen LogP contribution < -0.4 is 10.2 Å². The Bertz CT molecular complexity index is 1090. The minimum absolute atomic E-state index is 0.121. The molecule has 1 fully saturated rings. The molecule has 30 heavy (non-hydrogen) atoms. The molecule has 1 aromatic carbocycles. The van der Waals surface area contributed by atoms with Gasteiger partial charge in [-0.3, -0.25) is 10.1 Å². The molecule has 1 N–H and O–H groups in total. The van der Waals surface area contributed by atoms with E-state index < -0.39 is 5.91 Å². The first-order valence-corrected chi connectivity index (χ1v) is 11.3. The summed E-state index contributed by atoms with van der Waals surface area (Å²) in [6.45, 7) is 1.75. The summed E-state index contributed by atoms with van der Waals surface area (Å²) in [5.74, 6) is 0.756. The molecule has 152 valence electrons. The second kappa shape index (κ2) is 9.38. The summed E-state index contributed by atoms with van der Waals surface area (Å²) in [6, 6.07) is 9.47. The number of amides is 1. The van der Waals surface area contributed by atoms with E-state index in [1.807, 2.05) is 17.0 Å². The lowest BCUT2D eigenvalue weighted by Gasteiger charge is -2.15. The lowest BCUT2D eigenvalue weighted by atomic mass is 10.2. The third-order valence-corrected chi connectivity index (χ3v) is 6.73. The van der Waals surface area contributed by atoms with Crippen LogP contribution >= 0.6 is 34.7 Å². The number of rotatable bonds is 6. The first kappa shape index (κ1) is 20.5. The number of nitrogens with one attached hydrogen (secondary N) is 1. The summed E-state index contributed by atoms with van der Waals surface area (Å²) < 4.78 is 0.723. The minimum Gasteiger partial charge on any atom is -0.341 e. The van der Waals surface area contributed by atoms with Crippen LogP contribution in [0.5, 0.6) is 0 Å². The number of halogens is 1. The Morgan fingerprint density at radius 1 is 1.27 bits per heavy atom. The molecule has 0 aliphatic carbocycles. The zero-order chi connectivity index (χ0) is 20.9. The molecule has 1 saturated heterocycles. The number of hydrogen-bond donors (Lipinski definition) is 1. The molecule has 4 rings (SSSR count). The van der Waals surface area contributed by atoms with E-state index in [0.29, 0.717) is 22.4 Å². The molecular formula is C19H16ClN7OS2. The topological polar surface area (TPSA) is 108 Å². The monoisotopic (exact) mass is 457 g/mol. The van der Waals surface area contributed by atoms with Crippen molar-refractivity contribution in [1.29, 1.82) is 5.26 Å². The Morgan fingerprint density at radius 3 is 2.77 bits per heavy atom. The quantitative estimate of drug-likeness (QED) is 0.437. The Balaban J connectivity index is 1.39. The van der Waals surface area contributed by atoms with Gasteiger partial charge in [-0.1, -0.05) is 46.8 Å². The SMILES string of the molecule is N#Cc1ccc(CSc2nnc(NC(=O)c3nc(N4CCCC4)ncc3Cl)s2)cc1. The molecule has 0 radical (unpaired) electrons. The van der Waals surface area contributed by atoms with Gasteiger partial charge in [0.15, 0.2) is 10.0 Å². The molecule has 0 spiro atoms. The van der Waals surface area contributed by atoms with Crippen LogP contribution in [0.4, 0.5) is 11.1 Å². The van der Waals surface area contributed by atoms with Gasteiger partial charge in [0.1, 0.15) is 0 Å². The molecule has 1 aliphatic heterocycles. The van der Waals surface area contributed by atoms with E-state index in [0.717, 1.165) is 35.8 Å². The van der Waals surface area contributed by atoms with Crippen molar-refractivity contribution in [3.8, 4) is 6.07 Å². The van der Waals surface area contributed by atoms with Gasteiger partial charge in [0.05, 0.1) is 22.9 Å². The van der Waals surface area contributed by atoms with Gasteiger partial charge in [0.25, 0.3) is 5.91 Å². The third kappa shape index (κ3) is 4.87. The van der Waals surface area contributed by atoms with Crippen molar-refractivity contribution in [2.24, 2.45) is 0 Å². The van der Waals surface area contributed by atoms with Gasteiger partial charge in [-0.25, -0.2) is 9.97 Å². The summed E-state index contributed by atoms with van der Waals surface area (Å²) in [6.07, 6.45) is 3.62. The van der Waals surface area contributed by atoms with Gasteiger partial charge < -0.3 is 4.90 Å². The minimum atomic E-state index is -0.442. The second-order valence-electron chi connectivity index (χ2n) is 6.49. The first-order valence-electron chi connectivity index (χ1n) is 9.16. The van der Waals surface area contributed by atoms with Crippen LogP contribution in [0, 0.1) is 11.3 Å². The Hall–Kier alpha value is -2.74. The smallest absolute Gasteiger partial charge is 0.277 e. The molecule has 11 heteroatoms. The highest BCUT2D eigenvalue weighted by atomic mass is 35.5. The number of hydrogen-bond acceptors (Lipinski definition) is 9. The van der Waals surface area contributed by atoms with Crippen LogP contribution in [0.15, 0.2) is 34.8 Å². The lowest BCUT2D eigenvalue weighted by molar-refractivity contribution is 0.102. The number of anilines is 2. The van der Waals surface area contributed by atoms with Crippen LogP contribution in [0.2, 0.25) is 5.02 Å². The predicted octanol–water partition coefficient (Wildman–Crippen LogP) is 4.00. The number of nitriles is 1. The number of thioether (sulfide) groups is 1. The van der Waals surface area contributed by atoms with Gasteiger partial charge >= 0.3 is 0 Å². The highest BCUT2D eigenvalue weighted by molar-refractivity contribution is 8.00. The fraction of sp³-hybridized carbons (Fsp3) is 0.263. The average molecular weight is 458 g/mol. The van der Waals surface area contributed by atoms with E-state index in [1.165, 1.54) is 29.3 Å². The number of carbonyl (C=O) groups excluding carboxylic acids is 1. The largest absolute Gasteiger partial charge is 0.341 e. The molecule has 8 nitrogen and oxygen atoms in total. The summed E-state index contributed by atoms with van der Waals surface area (Å²) in [5.41, 5.74) is 1.82. The van der Waals surface area contributed by atoms with E-state index in [4.69, 9.17) is 16.9 Å². The standard InChI is InChI=1S/C19H16ClN7OS2/c20-14-10-22-17(27-7-1-2-8-27)23-15(14)16(28)24-18-25-26-19(30-18)29-11-13-5-3-12(9-21)4-6-13/h3-6,10H,1-2,7-8,11H2,(H,24,25,28). The third-order valence-electron chi connectivity index (χ3n) is 4.41. The van der Waals surface area contributed by atoms with Crippen molar-refractivity contribution in [3.05, 3.63) is 52.3 Å². The Morgan fingerprint density at radius 2 is 2.03 bits per heavy atom. The summed E-state index contributed by atoms with van der Waals surface area (Å²) in [5, 5.41) is 20.3. The lowest BCUT2D eigenvalue weighted by Crippen LogP contribution is -2.23. The van der Waals surface area contributed by atoms with Crippen molar-refractivity contribution in [3.63, 3.8) is 0 Å². The molecule has 0 saturated carbocycles. The Kier molecular flexibility index (Phi) is 6.42. The van der Waals surface area contributed by atoms with E-state index in [1.54, 1.807) is 12.1 Å². The van der Waals surface area contributed by atoms with Gasteiger partial charge in [-0.2, -0.15) is 5.26 Å². The number of aromatic nitrogens is 4. The number of carbonyl (C=O) groups is 1. The van der Waals surface area contributed by atoms with E-state index in [-0.39, 0.29) is 10.7 Å². The van der Waals surface area contributed by atoms with E-state index in [2.05, 4.69) is 31.6 Å². The fourth-order valence-electron chi connectivity index (χ4n) is 2.88. The van der Waals surface area contributed by atoms with E-state index in [9.17, 15) is 4.79 Å². The molecule has 0 atom stereocenters. The van der Waals surface area contributed by atoms with Crippen LogP contribution in [0.3, 0.4) is 0 Å². The van der Waals surface area contributed by atoms with Gasteiger partial charge in [0.2, 0.25) is 11.1 Å². The van der Waals surface area contributed by atoms with Gasteiger partial charge in [0, 0.05) is 18.8 Å². The van der Waals surface area contributed by atoms with E-state index >= 15 is 0 Å². The first-order chi connectivity index (χ1) is 14.6. The highest BCUT2D eigenvalue weighted by Crippen LogP contribution is 2.29. The van der Waals surface area contributed by atoms with Crippen molar-refractivity contribution >= 4 is 51.7 Å². The fourth-order valence-corrected chi connectivity index (χ4v) is 4.76. The van der Waals surface area contributed by atoms with Crippen molar-refractivity contribution in [2.45, 2.75) is 22.9 Å². The molecule has 3 heterocycles. The zero-order valence-electron chi connectivity index (χ0n) is 15.7. The molecule has 0 bridgehead atoms. The maximum Gasteiger partial charge on any atom is 0.277 e. The van der Waals surface area contributed by atoms with Crippen molar-refractivity contribution < 1.29 is 4.79 Å². The second-order valence-corrected chi connectivity index (χ2v) is 9.09. The maximum absolute atomic E-state index is 12.7. The molecule has 2 aromatic heterocycles. The molecule has 1 aliphatic rings.